The first-order valence-electron chi connectivity index (χ1n) is 7.67. The molecule has 0 aromatic rings. The Morgan fingerprint density at radius 2 is 2.16 bits per heavy atom. The van der Waals surface area contributed by atoms with Crippen LogP contribution >= 0.6 is 0 Å². The first-order chi connectivity index (χ1) is 8.92. The summed E-state index contributed by atoms with van der Waals surface area (Å²) in [4.78, 5) is 2.48. The lowest BCUT2D eigenvalue weighted by Crippen LogP contribution is -2.50. The average Bonchev–Trinajstić information content (AvgIpc) is 3.11. The Morgan fingerprint density at radius 3 is 2.74 bits per heavy atom. The summed E-state index contributed by atoms with van der Waals surface area (Å²) in [5.41, 5.74) is -0.103. The zero-order valence-corrected chi connectivity index (χ0v) is 12.7. The number of morpholine rings is 1. The van der Waals surface area contributed by atoms with Crippen molar-refractivity contribution in [1.82, 2.24) is 10.2 Å². The molecule has 112 valence electrons. The van der Waals surface area contributed by atoms with E-state index < -0.39 is 0 Å². The molecule has 1 atom stereocenters. The van der Waals surface area contributed by atoms with Crippen molar-refractivity contribution in [3.05, 3.63) is 0 Å². The molecule has 1 unspecified atom stereocenters. The van der Waals surface area contributed by atoms with Gasteiger partial charge in [0.2, 0.25) is 0 Å². The minimum absolute atomic E-state index is 0.00913. The number of rotatable bonds is 7. The van der Waals surface area contributed by atoms with Crippen LogP contribution in [0.15, 0.2) is 0 Å². The molecule has 1 saturated carbocycles. The topological polar surface area (TPSA) is 44.7 Å². The zero-order valence-electron chi connectivity index (χ0n) is 12.7. The number of hydrogen-bond acceptors (Lipinski definition) is 4. The summed E-state index contributed by atoms with van der Waals surface area (Å²) in [5, 5.41) is 13.2. The largest absolute Gasteiger partial charge is 0.394 e. The van der Waals surface area contributed by atoms with E-state index in [9.17, 15) is 5.11 Å². The predicted molar refractivity (Wildman–Crippen MR) is 77.4 cm³/mol. The molecule has 0 bridgehead atoms. The van der Waals surface area contributed by atoms with Gasteiger partial charge in [-0.25, -0.2) is 0 Å². The fourth-order valence-electron chi connectivity index (χ4n) is 2.92. The second-order valence-corrected chi connectivity index (χ2v) is 7.13. The third-order valence-corrected chi connectivity index (χ3v) is 4.19. The Labute approximate surface area is 117 Å². The molecule has 0 spiro atoms. The van der Waals surface area contributed by atoms with Crippen molar-refractivity contribution >= 4 is 0 Å². The van der Waals surface area contributed by atoms with Crippen molar-refractivity contribution in [2.45, 2.75) is 63.6 Å². The van der Waals surface area contributed by atoms with Crippen LogP contribution in [-0.2, 0) is 4.74 Å². The van der Waals surface area contributed by atoms with Crippen LogP contribution in [0.3, 0.4) is 0 Å². The van der Waals surface area contributed by atoms with Crippen molar-refractivity contribution < 1.29 is 9.84 Å². The molecule has 4 heteroatoms. The summed E-state index contributed by atoms with van der Waals surface area (Å²) in [6.45, 7) is 10.7. The van der Waals surface area contributed by atoms with Crippen molar-refractivity contribution in [2.24, 2.45) is 0 Å². The Bertz CT molecular complexity index is 292. The molecule has 2 N–H and O–H groups in total. The third-order valence-electron chi connectivity index (χ3n) is 4.19. The fraction of sp³-hybridized carbons (Fsp3) is 1.00. The van der Waals surface area contributed by atoms with Gasteiger partial charge in [-0.15, -0.1) is 0 Å². The summed E-state index contributed by atoms with van der Waals surface area (Å²) in [6.07, 6.45) is 4.71. The lowest BCUT2D eigenvalue weighted by Gasteiger charge is -2.38. The van der Waals surface area contributed by atoms with Gasteiger partial charge in [0, 0.05) is 24.7 Å². The lowest BCUT2D eigenvalue weighted by molar-refractivity contribution is -0.0864. The van der Waals surface area contributed by atoms with Crippen molar-refractivity contribution in [3.8, 4) is 0 Å². The van der Waals surface area contributed by atoms with Crippen LogP contribution in [0, 0.1) is 0 Å². The molecule has 1 aliphatic carbocycles. The van der Waals surface area contributed by atoms with Gasteiger partial charge in [0.25, 0.3) is 0 Å². The minimum Gasteiger partial charge on any atom is -0.394 e. The molecule has 19 heavy (non-hydrogen) atoms. The first kappa shape index (κ1) is 15.2. The SMILES string of the molecule is CC(CO)(CCCN1CCOC(C)(C)C1)NC1CC1. The molecule has 1 heterocycles. The number of aliphatic hydroxyl groups is 1. The monoisotopic (exact) mass is 270 g/mol. The Hall–Kier alpha value is -0.160. The van der Waals surface area contributed by atoms with E-state index in [-0.39, 0.29) is 17.7 Å². The molecule has 4 nitrogen and oxygen atoms in total. The van der Waals surface area contributed by atoms with Gasteiger partial charge in [0.05, 0.1) is 18.8 Å². The highest BCUT2D eigenvalue weighted by Gasteiger charge is 2.32. The smallest absolute Gasteiger partial charge is 0.0753 e. The van der Waals surface area contributed by atoms with Crippen LogP contribution in [0.2, 0.25) is 0 Å². The summed E-state index contributed by atoms with van der Waals surface area (Å²) < 4.78 is 5.73. The van der Waals surface area contributed by atoms with Gasteiger partial charge in [0.15, 0.2) is 0 Å². The maximum absolute atomic E-state index is 9.59. The minimum atomic E-state index is -0.0943. The van der Waals surface area contributed by atoms with Crippen LogP contribution in [0.5, 0.6) is 0 Å². The van der Waals surface area contributed by atoms with Gasteiger partial charge in [-0.2, -0.15) is 0 Å². The molecule has 2 fully saturated rings. The second kappa shape index (κ2) is 6.08. The summed E-state index contributed by atoms with van der Waals surface area (Å²) in [6, 6.07) is 0.652. The third kappa shape index (κ3) is 5.03. The molecule has 2 aliphatic rings. The number of nitrogens with zero attached hydrogens (tertiary/aromatic N) is 1. The van der Waals surface area contributed by atoms with E-state index in [1.165, 1.54) is 12.8 Å². The van der Waals surface area contributed by atoms with Crippen LogP contribution in [0.4, 0.5) is 0 Å². The molecule has 0 aromatic carbocycles. The van der Waals surface area contributed by atoms with Crippen LogP contribution in [0.25, 0.3) is 0 Å². The molecule has 0 radical (unpaired) electrons. The molecule has 1 saturated heterocycles. The molecule has 0 aromatic heterocycles. The Balaban J connectivity index is 1.69. The highest BCUT2D eigenvalue weighted by Crippen LogP contribution is 2.25. The number of hydrogen-bond donors (Lipinski definition) is 2. The first-order valence-corrected chi connectivity index (χ1v) is 7.67. The lowest BCUT2D eigenvalue weighted by atomic mass is 9.96. The van der Waals surface area contributed by atoms with Gasteiger partial charge in [-0.05, 0) is 53.0 Å². The molecular formula is C15H30N2O2. The van der Waals surface area contributed by atoms with E-state index >= 15 is 0 Å². The van der Waals surface area contributed by atoms with Gasteiger partial charge < -0.3 is 15.2 Å². The Kier molecular flexibility index (Phi) is 4.88. The quantitative estimate of drug-likeness (QED) is 0.733. The standard InChI is InChI=1S/C15H30N2O2/c1-14(2)11-17(9-10-19-14)8-4-7-15(3,12-18)16-13-5-6-13/h13,16,18H,4-12H2,1-3H3. The number of ether oxygens (including phenoxy) is 1. The molecule has 2 rings (SSSR count). The maximum atomic E-state index is 9.59. The molecule has 0 amide bonds. The average molecular weight is 270 g/mol. The summed E-state index contributed by atoms with van der Waals surface area (Å²) in [7, 11) is 0. The van der Waals surface area contributed by atoms with E-state index in [4.69, 9.17) is 4.74 Å². The summed E-state index contributed by atoms with van der Waals surface area (Å²) in [5.74, 6) is 0. The number of aliphatic hydroxyl groups excluding tert-OH is 1. The highest BCUT2D eigenvalue weighted by atomic mass is 16.5. The fourth-order valence-corrected chi connectivity index (χ4v) is 2.92. The van der Waals surface area contributed by atoms with Crippen molar-refractivity contribution in [1.29, 1.82) is 0 Å². The van der Waals surface area contributed by atoms with Gasteiger partial charge in [-0.3, -0.25) is 4.90 Å². The molecular weight excluding hydrogens is 240 g/mol. The Morgan fingerprint density at radius 1 is 1.42 bits per heavy atom. The van der Waals surface area contributed by atoms with E-state index in [1.807, 2.05) is 0 Å². The predicted octanol–water partition coefficient (Wildman–Crippen LogP) is 1.38. The summed E-state index contributed by atoms with van der Waals surface area (Å²) >= 11 is 0. The maximum Gasteiger partial charge on any atom is 0.0753 e. The normalized spacial score (nSPS) is 27.2. The van der Waals surface area contributed by atoms with Crippen LogP contribution < -0.4 is 5.32 Å². The second-order valence-electron chi connectivity index (χ2n) is 7.13. The van der Waals surface area contributed by atoms with E-state index in [0.29, 0.717) is 6.04 Å². The molecule has 1 aliphatic heterocycles. The van der Waals surface area contributed by atoms with Crippen molar-refractivity contribution in [3.63, 3.8) is 0 Å². The van der Waals surface area contributed by atoms with Gasteiger partial charge in [0.1, 0.15) is 0 Å². The highest BCUT2D eigenvalue weighted by molar-refractivity contribution is 4.92. The van der Waals surface area contributed by atoms with Gasteiger partial charge >= 0.3 is 0 Å². The van der Waals surface area contributed by atoms with E-state index in [1.54, 1.807) is 0 Å². The van der Waals surface area contributed by atoms with E-state index in [2.05, 4.69) is 31.0 Å². The van der Waals surface area contributed by atoms with E-state index in [0.717, 1.165) is 39.1 Å². The number of nitrogens with one attached hydrogen (secondary N) is 1. The van der Waals surface area contributed by atoms with Crippen molar-refractivity contribution in [2.75, 3.05) is 32.8 Å². The van der Waals surface area contributed by atoms with Crippen LogP contribution in [-0.4, -0.2) is 60.0 Å². The zero-order chi connectivity index (χ0) is 13.9. The van der Waals surface area contributed by atoms with Gasteiger partial charge in [-0.1, -0.05) is 0 Å². The van der Waals surface area contributed by atoms with Crippen LogP contribution in [0.1, 0.15) is 46.5 Å².